The van der Waals surface area contributed by atoms with Crippen molar-refractivity contribution in [3.05, 3.63) is 29.3 Å². The molecule has 1 N–H and O–H groups in total. The molecule has 18 heavy (non-hydrogen) atoms. The minimum absolute atomic E-state index is 0.100. The van der Waals surface area contributed by atoms with Crippen LogP contribution in [0, 0.1) is 25.2 Å². The van der Waals surface area contributed by atoms with Gasteiger partial charge in [-0.05, 0) is 38.9 Å². The van der Waals surface area contributed by atoms with Crippen LogP contribution in [0.3, 0.4) is 0 Å². The van der Waals surface area contributed by atoms with E-state index < -0.39 is 0 Å². The second-order valence-corrected chi connectivity index (χ2v) is 4.54. The van der Waals surface area contributed by atoms with E-state index in [1.165, 1.54) is 0 Å². The molecule has 0 heterocycles. The van der Waals surface area contributed by atoms with Gasteiger partial charge in [-0.25, -0.2) is 0 Å². The van der Waals surface area contributed by atoms with E-state index >= 15 is 0 Å². The van der Waals surface area contributed by atoms with Crippen molar-refractivity contribution in [2.75, 3.05) is 18.9 Å². The summed E-state index contributed by atoms with van der Waals surface area (Å²) in [7, 11) is 1.76. The lowest BCUT2D eigenvalue weighted by Gasteiger charge is -2.19. The van der Waals surface area contributed by atoms with Gasteiger partial charge in [-0.15, -0.1) is 0 Å². The topological polar surface area (TPSA) is 56.1 Å². The predicted molar refractivity (Wildman–Crippen MR) is 72.3 cm³/mol. The summed E-state index contributed by atoms with van der Waals surface area (Å²) in [6.07, 6.45) is 0. The first-order chi connectivity index (χ1) is 8.45. The van der Waals surface area contributed by atoms with Crippen LogP contribution >= 0.6 is 0 Å². The summed E-state index contributed by atoms with van der Waals surface area (Å²) in [4.78, 5) is 13.6. The maximum Gasteiger partial charge on any atom is 0.238 e. The molecule has 0 aliphatic rings. The Hall–Kier alpha value is -1.86. The van der Waals surface area contributed by atoms with Gasteiger partial charge in [-0.3, -0.25) is 9.69 Å². The highest BCUT2D eigenvalue weighted by molar-refractivity contribution is 5.93. The number of nitrogens with one attached hydrogen (secondary N) is 1. The van der Waals surface area contributed by atoms with Crippen LogP contribution in [0.2, 0.25) is 0 Å². The summed E-state index contributed by atoms with van der Waals surface area (Å²) in [5.41, 5.74) is 2.94. The van der Waals surface area contributed by atoms with Gasteiger partial charge in [0.1, 0.15) is 0 Å². The first-order valence-electron chi connectivity index (χ1n) is 5.91. The van der Waals surface area contributed by atoms with Crippen LogP contribution < -0.4 is 5.32 Å². The monoisotopic (exact) mass is 245 g/mol. The van der Waals surface area contributed by atoms with Crippen molar-refractivity contribution in [1.29, 1.82) is 5.26 Å². The van der Waals surface area contributed by atoms with Gasteiger partial charge in [0.2, 0.25) is 5.91 Å². The van der Waals surface area contributed by atoms with E-state index in [9.17, 15) is 4.79 Å². The number of aryl methyl sites for hydroxylation is 2. The van der Waals surface area contributed by atoms with Crippen molar-refractivity contribution in [3.8, 4) is 6.07 Å². The summed E-state index contributed by atoms with van der Waals surface area (Å²) in [5.74, 6) is -0.100. The van der Waals surface area contributed by atoms with E-state index in [4.69, 9.17) is 5.26 Å². The van der Waals surface area contributed by atoms with Gasteiger partial charge in [-0.2, -0.15) is 5.26 Å². The molecule has 4 heteroatoms. The molecule has 0 saturated carbocycles. The van der Waals surface area contributed by atoms with Gasteiger partial charge in [0, 0.05) is 5.69 Å². The summed E-state index contributed by atoms with van der Waals surface area (Å²) in [6.45, 7) is 5.91. The number of rotatable bonds is 4. The Balaban J connectivity index is 2.69. The van der Waals surface area contributed by atoms with Crippen LogP contribution in [-0.2, 0) is 4.79 Å². The quantitative estimate of drug-likeness (QED) is 0.883. The van der Waals surface area contributed by atoms with Crippen LogP contribution in [-0.4, -0.2) is 30.4 Å². The number of hydrogen-bond donors (Lipinski definition) is 1. The average molecular weight is 245 g/mol. The van der Waals surface area contributed by atoms with Crippen LogP contribution in [0.1, 0.15) is 18.1 Å². The molecular formula is C14H19N3O. The van der Waals surface area contributed by atoms with Gasteiger partial charge in [0.05, 0.1) is 18.7 Å². The molecule has 1 rings (SSSR count). The van der Waals surface area contributed by atoms with Crippen molar-refractivity contribution in [2.24, 2.45) is 0 Å². The van der Waals surface area contributed by atoms with E-state index in [0.717, 1.165) is 16.8 Å². The molecule has 1 amide bonds. The normalized spacial score (nSPS) is 12.0. The molecule has 0 aliphatic carbocycles. The zero-order chi connectivity index (χ0) is 13.7. The smallest absolute Gasteiger partial charge is 0.238 e. The Morgan fingerprint density at radius 1 is 1.44 bits per heavy atom. The molecule has 0 spiro atoms. The Morgan fingerprint density at radius 3 is 2.50 bits per heavy atom. The maximum absolute atomic E-state index is 11.9. The number of carbonyl (C=O) groups excluding carboxylic acids is 1. The molecular weight excluding hydrogens is 226 g/mol. The minimum Gasteiger partial charge on any atom is -0.324 e. The second kappa shape index (κ2) is 6.18. The van der Waals surface area contributed by atoms with Crippen molar-refractivity contribution in [2.45, 2.75) is 26.8 Å². The number of para-hydroxylation sites is 1. The van der Waals surface area contributed by atoms with Crippen LogP contribution in [0.5, 0.6) is 0 Å². The van der Waals surface area contributed by atoms with E-state index in [2.05, 4.69) is 11.4 Å². The fourth-order valence-electron chi connectivity index (χ4n) is 1.65. The van der Waals surface area contributed by atoms with Gasteiger partial charge in [0.15, 0.2) is 0 Å². The molecule has 0 unspecified atom stereocenters. The van der Waals surface area contributed by atoms with E-state index in [1.807, 2.05) is 32.0 Å². The lowest BCUT2D eigenvalue weighted by atomic mass is 10.1. The number of anilines is 1. The number of nitrogens with zero attached hydrogens (tertiary/aromatic N) is 2. The molecule has 0 radical (unpaired) electrons. The van der Waals surface area contributed by atoms with Crippen molar-refractivity contribution < 1.29 is 4.79 Å². The molecule has 1 atom stereocenters. The van der Waals surface area contributed by atoms with Crippen molar-refractivity contribution in [1.82, 2.24) is 4.90 Å². The third kappa shape index (κ3) is 3.57. The Labute approximate surface area is 108 Å². The lowest BCUT2D eigenvalue weighted by molar-refractivity contribution is -0.117. The van der Waals surface area contributed by atoms with Crippen LogP contribution in [0.15, 0.2) is 18.2 Å². The zero-order valence-electron chi connectivity index (χ0n) is 11.3. The first-order valence-corrected chi connectivity index (χ1v) is 5.91. The van der Waals surface area contributed by atoms with Gasteiger partial charge in [0.25, 0.3) is 0 Å². The number of carbonyl (C=O) groups is 1. The lowest BCUT2D eigenvalue weighted by Crippen LogP contribution is -2.35. The van der Waals surface area contributed by atoms with E-state index in [1.54, 1.807) is 18.9 Å². The molecule has 0 aliphatic heterocycles. The number of hydrogen-bond acceptors (Lipinski definition) is 3. The van der Waals surface area contributed by atoms with Crippen LogP contribution in [0.25, 0.3) is 0 Å². The summed E-state index contributed by atoms with van der Waals surface area (Å²) < 4.78 is 0. The molecule has 4 nitrogen and oxygen atoms in total. The molecule has 0 fully saturated rings. The molecule has 1 aromatic rings. The summed E-state index contributed by atoms with van der Waals surface area (Å²) in [6, 6.07) is 7.72. The van der Waals surface area contributed by atoms with E-state index in [0.29, 0.717) is 0 Å². The highest BCUT2D eigenvalue weighted by Gasteiger charge is 2.13. The Morgan fingerprint density at radius 2 is 2.00 bits per heavy atom. The fourth-order valence-corrected chi connectivity index (χ4v) is 1.65. The van der Waals surface area contributed by atoms with Gasteiger partial charge in [-0.1, -0.05) is 18.2 Å². The number of nitriles is 1. The summed E-state index contributed by atoms with van der Waals surface area (Å²) >= 11 is 0. The van der Waals surface area contributed by atoms with Crippen molar-refractivity contribution in [3.63, 3.8) is 0 Å². The third-order valence-corrected chi connectivity index (χ3v) is 2.99. The molecule has 1 aromatic carbocycles. The second-order valence-electron chi connectivity index (χ2n) is 4.54. The standard InChI is InChI=1S/C14H19N3O/c1-10-6-5-7-11(2)14(10)16-13(18)9-17(4)12(3)8-15/h5-7,12H,9H2,1-4H3,(H,16,18)/t12-/m1/s1. The molecule has 0 saturated heterocycles. The number of amides is 1. The average Bonchev–Trinajstić information content (AvgIpc) is 2.32. The first kappa shape index (κ1) is 14.2. The largest absolute Gasteiger partial charge is 0.324 e. The molecule has 96 valence electrons. The maximum atomic E-state index is 11.9. The third-order valence-electron chi connectivity index (χ3n) is 2.99. The molecule has 0 aromatic heterocycles. The Bertz CT molecular complexity index is 456. The SMILES string of the molecule is Cc1cccc(C)c1NC(=O)CN(C)[C@H](C)C#N. The van der Waals surface area contributed by atoms with Crippen LogP contribution in [0.4, 0.5) is 5.69 Å². The number of likely N-dealkylation sites (N-methyl/N-ethyl adjacent to an activating group) is 1. The molecule has 0 bridgehead atoms. The number of benzene rings is 1. The van der Waals surface area contributed by atoms with Crippen molar-refractivity contribution >= 4 is 11.6 Å². The Kier molecular flexibility index (Phi) is 4.87. The minimum atomic E-state index is -0.270. The highest BCUT2D eigenvalue weighted by atomic mass is 16.2. The van der Waals surface area contributed by atoms with E-state index in [-0.39, 0.29) is 18.5 Å². The van der Waals surface area contributed by atoms with Gasteiger partial charge >= 0.3 is 0 Å². The van der Waals surface area contributed by atoms with Gasteiger partial charge < -0.3 is 5.32 Å². The fraction of sp³-hybridized carbons (Fsp3) is 0.429. The zero-order valence-corrected chi connectivity index (χ0v) is 11.3. The predicted octanol–water partition coefficient (Wildman–Crippen LogP) is 2.09. The summed E-state index contributed by atoms with van der Waals surface area (Å²) in [5, 5.41) is 11.7. The highest BCUT2D eigenvalue weighted by Crippen LogP contribution is 2.19.